The molecule has 0 unspecified atom stereocenters. The fourth-order valence-corrected chi connectivity index (χ4v) is 3.32. The topological polar surface area (TPSA) is 84.9 Å². The molecule has 1 amide bonds. The highest BCUT2D eigenvalue weighted by Gasteiger charge is 2.37. The zero-order chi connectivity index (χ0) is 19.3. The van der Waals surface area contributed by atoms with E-state index in [4.69, 9.17) is 9.47 Å². The number of carbonyl (C=O) groups is 2. The highest BCUT2D eigenvalue weighted by Crippen LogP contribution is 2.34. The maximum Gasteiger partial charge on any atom is 0.307 e. The zero-order valence-corrected chi connectivity index (χ0v) is 15.8. The normalized spacial score (nSPS) is 19.8. The molecule has 6 nitrogen and oxygen atoms in total. The van der Waals surface area contributed by atoms with Crippen molar-refractivity contribution in [1.29, 1.82) is 0 Å². The van der Waals surface area contributed by atoms with E-state index >= 15 is 0 Å². The third-order valence-corrected chi connectivity index (χ3v) is 5.08. The summed E-state index contributed by atoms with van der Waals surface area (Å²) in [6.07, 6.45) is 1.57. The Labute approximate surface area is 154 Å². The Hall–Kier alpha value is -2.50. The van der Waals surface area contributed by atoms with Gasteiger partial charge in [-0.2, -0.15) is 0 Å². The van der Waals surface area contributed by atoms with E-state index in [0.29, 0.717) is 37.3 Å². The second-order valence-electron chi connectivity index (χ2n) is 6.75. The molecule has 2 atom stereocenters. The van der Waals surface area contributed by atoms with Crippen LogP contribution in [0.4, 0.5) is 0 Å². The van der Waals surface area contributed by atoms with Gasteiger partial charge in [-0.25, -0.2) is 0 Å². The molecule has 1 aromatic rings. The number of hydrogen-bond donors (Lipinski definition) is 2. The largest absolute Gasteiger partial charge is 0.493 e. The van der Waals surface area contributed by atoms with Crippen LogP contribution in [0.15, 0.2) is 29.3 Å². The molecule has 0 saturated carbocycles. The SMILES string of the molecule is COc1ccc(CCNC(=O)[C@H]2CC(C)=C(C)C[C@@H]2C(=O)O)cc1OC. The van der Waals surface area contributed by atoms with Crippen LogP contribution in [0.2, 0.25) is 0 Å². The van der Waals surface area contributed by atoms with Crippen LogP contribution in [0.3, 0.4) is 0 Å². The molecule has 0 radical (unpaired) electrons. The van der Waals surface area contributed by atoms with Crippen LogP contribution in [-0.2, 0) is 16.0 Å². The number of nitrogens with one attached hydrogen (secondary N) is 1. The summed E-state index contributed by atoms with van der Waals surface area (Å²) in [5, 5.41) is 12.3. The monoisotopic (exact) mass is 361 g/mol. The number of aliphatic carboxylic acids is 1. The van der Waals surface area contributed by atoms with Gasteiger partial charge >= 0.3 is 5.97 Å². The number of amides is 1. The van der Waals surface area contributed by atoms with E-state index in [2.05, 4.69) is 5.32 Å². The van der Waals surface area contributed by atoms with E-state index in [1.165, 1.54) is 0 Å². The molecule has 6 heteroatoms. The number of allylic oxidation sites excluding steroid dienone is 2. The lowest BCUT2D eigenvalue weighted by Crippen LogP contribution is -2.40. The number of rotatable bonds is 7. The minimum atomic E-state index is -0.906. The van der Waals surface area contributed by atoms with Crippen LogP contribution in [0.5, 0.6) is 11.5 Å². The molecule has 2 rings (SSSR count). The van der Waals surface area contributed by atoms with Crippen LogP contribution in [0.1, 0.15) is 32.3 Å². The Morgan fingerprint density at radius 2 is 1.69 bits per heavy atom. The highest BCUT2D eigenvalue weighted by molar-refractivity contribution is 5.85. The Morgan fingerprint density at radius 1 is 1.08 bits per heavy atom. The van der Waals surface area contributed by atoms with Crippen molar-refractivity contribution in [3.8, 4) is 11.5 Å². The van der Waals surface area contributed by atoms with Crippen molar-refractivity contribution in [3.63, 3.8) is 0 Å². The number of carboxylic acids is 1. The number of benzene rings is 1. The molecule has 1 aromatic carbocycles. The van der Waals surface area contributed by atoms with E-state index < -0.39 is 17.8 Å². The minimum Gasteiger partial charge on any atom is -0.493 e. The third-order valence-electron chi connectivity index (χ3n) is 5.08. The summed E-state index contributed by atoms with van der Waals surface area (Å²) in [6.45, 7) is 4.35. The maximum absolute atomic E-state index is 12.5. The van der Waals surface area contributed by atoms with Crippen molar-refractivity contribution >= 4 is 11.9 Å². The molecule has 0 spiro atoms. The van der Waals surface area contributed by atoms with Crippen LogP contribution in [-0.4, -0.2) is 37.7 Å². The third kappa shape index (κ3) is 4.56. The molecule has 0 fully saturated rings. The molecule has 0 heterocycles. The van der Waals surface area contributed by atoms with E-state index in [0.717, 1.165) is 16.7 Å². The molecule has 0 aromatic heterocycles. The van der Waals surface area contributed by atoms with Crippen molar-refractivity contribution in [2.45, 2.75) is 33.1 Å². The number of hydrogen-bond acceptors (Lipinski definition) is 4. The van der Waals surface area contributed by atoms with Gasteiger partial charge in [-0.1, -0.05) is 17.2 Å². The summed E-state index contributed by atoms with van der Waals surface area (Å²) in [7, 11) is 3.16. The minimum absolute atomic E-state index is 0.190. The fraction of sp³-hybridized carbons (Fsp3) is 0.500. The molecule has 0 saturated heterocycles. The van der Waals surface area contributed by atoms with Crippen LogP contribution in [0, 0.1) is 11.8 Å². The molecule has 0 aliphatic heterocycles. The van der Waals surface area contributed by atoms with Gasteiger partial charge in [-0.15, -0.1) is 0 Å². The predicted octanol–water partition coefficient (Wildman–Crippen LogP) is 2.81. The Morgan fingerprint density at radius 3 is 2.27 bits per heavy atom. The summed E-state index contributed by atoms with van der Waals surface area (Å²) in [4.78, 5) is 24.1. The lowest BCUT2D eigenvalue weighted by atomic mass is 9.76. The number of carbonyl (C=O) groups excluding carboxylic acids is 1. The van der Waals surface area contributed by atoms with E-state index in [9.17, 15) is 14.7 Å². The average Bonchev–Trinajstić information content (AvgIpc) is 2.63. The molecule has 0 bridgehead atoms. The first-order valence-electron chi connectivity index (χ1n) is 8.74. The summed E-state index contributed by atoms with van der Waals surface area (Å²) < 4.78 is 10.5. The Balaban J connectivity index is 1.97. The lowest BCUT2D eigenvalue weighted by molar-refractivity contribution is -0.147. The predicted molar refractivity (Wildman–Crippen MR) is 98.5 cm³/mol. The van der Waals surface area contributed by atoms with Crippen molar-refractivity contribution in [2.24, 2.45) is 11.8 Å². The molecule has 1 aliphatic carbocycles. The van der Waals surface area contributed by atoms with Crippen molar-refractivity contribution < 1.29 is 24.2 Å². The summed E-state index contributed by atoms with van der Waals surface area (Å²) >= 11 is 0. The van der Waals surface area contributed by atoms with E-state index in [1.54, 1.807) is 14.2 Å². The van der Waals surface area contributed by atoms with Gasteiger partial charge in [-0.3, -0.25) is 9.59 Å². The second-order valence-corrected chi connectivity index (χ2v) is 6.75. The first-order valence-corrected chi connectivity index (χ1v) is 8.74. The van der Waals surface area contributed by atoms with Crippen molar-refractivity contribution in [3.05, 3.63) is 34.9 Å². The molecule has 142 valence electrons. The van der Waals surface area contributed by atoms with Crippen LogP contribution >= 0.6 is 0 Å². The first-order chi connectivity index (χ1) is 12.4. The summed E-state index contributed by atoms with van der Waals surface area (Å²) in [5.41, 5.74) is 3.20. The van der Waals surface area contributed by atoms with Crippen LogP contribution in [0.25, 0.3) is 0 Å². The fourth-order valence-electron chi connectivity index (χ4n) is 3.32. The maximum atomic E-state index is 12.5. The van der Waals surface area contributed by atoms with Gasteiger partial charge in [0, 0.05) is 6.54 Å². The zero-order valence-electron chi connectivity index (χ0n) is 15.8. The number of ether oxygens (including phenoxy) is 2. The van der Waals surface area contributed by atoms with Crippen LogP contribution < -0.4 is 14.8 Å². The Kier molecular flexibility index (Phi) is 6.66. The van der Waals surface area contributed by atoms with Gasteiger partial charge in [0.25, 0.3) is 0 Å². The second kappa shape index (κ2) is 8.74. The van der Waals surface area contributed by atoms with Gasteiger partial charge < -0.3 is 19.9 Å². The van der Waals surface area contributed by atoms with Crippen molar-refractivity contribution in [1.82, 2.24) is 5.32 Å². The van der Waals surface area contributed by atoms with E-state index in [1.807, 2.05) is 32.0 Å². The highest BCUT2D eigenvalue weighted by atomic mass is 16.5. The molecular weight excluding hydrogens is 334 g/mol. The standard InChI is InChI=1S/C20H27NO5/c1-12-9-15(16(20(23)24)10-13(12)2)19(22)21-8-7-14-5-6-17(25-3)18(11-14)26-4/h5-6,11,15-16H,7-10H2,1-4H3,(H,21,22)(H,23,24)/t15-,16-/m0/s1. The summed E-state index contributed by atoms with van der Waals surface area (Å²) in [6, 6.07) is 5.63. The van der Waals surface area contributed by atoms with Gasteiger partial charge in [0.2, 0.25) is 5.91 Å². The van der Waals surface area contributed by atoms with Gasteiger partial charge in [0.05, 0.1) is 26.1 Å². The quantitative estimate of drug-likeness (QED) is 0.730. The first kappa shape index (κ1) is 19.8. The van der Waals surface area contributed by atoms with Gasteiger partial charge in [0.15, 0.2) is 11.5 Å². The molecule has 2 N–H and O–H groups in total. The lowest BCUT2D eigenvalue weighted by Gasteiger charge is -2.29. The molecular formula is C20H27NO5. The van der Waals surface area contributed by atoms with E-state index in [-0.39, 0.29) is 5.91 Å². The average molecular weight is 361 g/mol. The van der Waals surface area contributed by atoms with Gasteiger partial charge in [0.1, 0.15) is 0 Å². The molecule has 26 heavy (non-hydrogen) atoms. The molecule has 1 aliphatic rings. The number of carboxylic acid groups (broad SMARTS) is 1. The van der Waals surface area contributed by atoms with Crippen molar-refractivity contribution in [2.75, 3.05) is 20.8 Å². The number of methoxy groups -OCH3 is 2. The van der Waals surface area contributed by atoms with Gasteiger partial charge in [-0.05, 0) is 50.8 Å². The summed E-state index contributed by atoms with van der Waals surface area (Å²) in [5.74, 6) is -0.960. The smallest absolute Gasteiger partial charge is 0.307 e. The Bertz CT molecular complexity index is 710.